The van der Waals surface area contributed by atoms with Gasteiger partial charge in [-0.05, 0) is 49.5 Å². The quantitative estimate of drug-likeness (QED) is 0.403. The Balaban J connectivity index is 1.22. The van der Waals surface area contributed by atoms with Crippen LogP contribution < -0.4 is 0 Å². The number of aromatic nitrogens is 5. The van der Waals surface area contributed by atoms with E-state index in [9.17, 15) is 4.79 Å². The van der Waals surface area contributed by atoms with Crippen LogP contribution in [0.15, 0.2) is 55.0 Å². The number of nitrogens with zero attached hydrogens (tertiary/aromatic N) is 7. The van der Waals surface area contributed by atoms with Gasteiger partial charge >= 0.3 is 0 Å². The van der Waals surface area contributed by atoms with Crippen molar-refractivity contribution in [2.75, 3.05) is 33.2 Å². The molecule has 8 nitrogen and oxygen atoms in total. The normalized spacial score (nSPS) is 18.1. The van der Waals surface area contributed by atoms with Gasteiger partial charge in [0.25, 0.3) is 0 Å². The number of hydrogen-bond acceptors (Lipinski definition) is 7. The SMILES string of the molecule is CN1CCN(C2(c3cc(C(=O)Cc4cc5cc(-c6cn(C)nn6)ccc5cn4)ccn3)CC2)CC1. The smallest absolute Gasteiger partial charge is 0.168 e. The molecule has 3 aromatic heterocycles. The van der Waals surface area contributed by atoms with E-state index in [2.05, 4.69) is 38.2 Å². The largest absolute Gasteiger partial charge is 0.304 e. The van der Waals surface area contributed by atoms with Crippen molar-refractivity contribution in [3.8, 4) is 11.3 Å². The molecule has 6 rings (SSSR count). The number of carbonyl (C=O) groups excluding carboxylic acids is 1. The minimum absolute atomic E-state index is 0.00941. The van der Waals surface area contributed by atoms with Gasteiger partial charge < -0.3 is 4.90 Å². The number of aryl methyl sites for hydroxylation is 1. The van der Waals surface area contributed by atoms with Crippen LogP contribution in [0.1, 0.15) is 34.6 Å². The minimum Gasteiger partial charge on any atom is -0.304 e. The topological polar surface area (TPSA) is 80.0 Å². The van der Waals surface area contributed by atoms with Crippen LogP contribution in [0.3, 0.4) is 0 Å². The number of likely N-dealkylation sites (N-methyl/N-ethyl adjacent to an activating group) is 1. The third kappa shape index (κ3) is 4.24. The molecule has 0 radical (unpaired) electrons. The van der Waals surface area contributed by atoms with E-state index in [1.54, 1.807) is 10.9 Å². The first-order valence-electron chi connectivity index (χ1n) is 12.2. The van der Waals surface area contributed by atoms with Crippen LogP contribution >= 0.6 is 0 Å². The Morgan fingerprint density at radius 1 is 0.971 bits per heavy atom. The lowest BCUT2D eigenvalue weighted by Crippen LogP contribution is -2.49. The van der Waals surface area contributed by atoms with Crippen molar-refractivity contribution in [1.29, 1.82) is 0 Å². The zero-order valence-corrected chi connectivity index (χ0v) is 20.2. The lowest BCUT2D eigenvalue weighted by atomic mass is 10.0. The average Bonchev–Trinajstić information content (AvgIpc) is 3.58. The summed E-state index contributed by atoms with van der Waals surface area (Å²) < 4.78 is 1.69. The van der Waals surface area contributed by atoms with Crippen molar-refractivity contribution in [2.24, 2.45) is 7.05 Å². The fourth-order valence-corrected chi connectivity index (χ4v) is 5.13. The van der Waals surface area contributed by atoms with E-state index < -0.39 is 0 Å². The van der Waals surface area contributed by atoms with Crippen LogP contribution in [-0.4, -0.2) is 73.8 Å². The minimum atomic E-state index is 0.00941. The van der Waals surface area contributed by atoms with Crippen molar-refractivity contribution in [2.45, 2.75) is 24.8 Å². The molecule has 4 aromatic rings. The lowest BCUT2D eigenvalue weighted by Gasteiger charge is -2.38. The van der Waals surface area contributed by atoms with Gasteiger partial charge in [-0.2, -0.15) is 0 Å². The van der Waals surface area contributed by atoms with Gasteiger partial charge in [0.05, 0.1) is 23.9 Å². The van der Waals surface area contributed by atoms with Gasteiger partial charge in [0, 0.05) is 67.8 Å². The van der Waals surface area contributed by atoms with E-state index in [0.29, 0.717) is 5.56 Å². The number of piperazine rings is 1. The predicted octanol–water partition coefficient (Wildman–Crippen LogP) is 3.09. The Labute approximate surface area is 204 Å². The molecule has 35 heavy (non-hydrogen) atoms. The first-order chi connectivity index (χ1) is 17.0. The molecule has 8 heteroatoms. The van der Waals surface area contributed by atoms with Crippen LogP contribution in [0.5, 0.6) is 0 Å². The van der Waals surface area contributed by atoms with Gasteiger partial charge in [0.1, 0.15) is 5.69 Å². The Kier molecular flexibility index (Phi) is 5.42. The van der Waals surface area contributed by atoms with E-state index in [1.807, 2.05) is 49.8 Å². The van der Waals surface area contributed by atoms with Gasteiger partial charge in [0.15, 0.2) is 5.78 Å². The molecule has 0 spiro atoms. The summed E-state index contributed by atoms with van der Waals surface area (Å²) >= 11 is 0. The van der Waals surface area contributed by atoms with Crippen LogP contribution in [-0.2, 0) is 19.0 Å². The molecule has 1 aromatic carbocycles. The Morgan fingerprint density at radius 3 is 2.54 bits per heavy atom. The first kappa shape index (κ1) is 22.0. The molecule has 1 saturated heterocycles. The summed E-state index contributed by atoms with van der Waals surface area (Å²) in [7, 11) is 4.03. The summed E-state index contributed by atoms with van der Waals surface area (Å²) in [5, 5.41) is 10.3. The zero-order valence-electron chi connectivity index (χ0n) is 20.2. The van der Waals surface area contributed by atoms with Crippen LogP contribution in [0.4, 0.5) is 0 Å². The van der Waals surface area contributed by atoms with E-state index in [0.717, 1.165) is 72.4 Å². The lowest BCUT2D eigenvalue weighted by molar-refractivity contribution is 0.0949. The number of ketones is 1. The maximum Gasteiger partial charge on any atom is 0.168 e. The number of hydrogen-bond donors (Lipinski definition) is 0. The molecule has 1 aliphatic heterocycles. The first-order valence-corrected chi connectivity index (χ1v) is 12.2. The van der Waals surface area contributed by atoms with Gasteiger partial charge in [-0.25, -0.2) is 0 Å². The van der Waals surface area contributed by atoms with Gasteiger partial charge in [-0.15, -0.1) is 5.10 Å². The second kappa shape index (κ2) is 8.62. The fraction of sp³-hybridized carbons (Fsp3) is 0.370. The second-order valence-electron chi connectivity index (χ2n) is 9.87. The van der Waals surface area contributed by atoms with Crippen LogP contribution in [0.2, 0.25) is 0 Å². The average molecular weight is 468 g/mol. The van der Waals surface area contributed by atoms with E-state index >= 15 is 0 Å². The molecular weight excluding hydrogens is 438 g/mol. The van der Waals surface area contributed by atoms with Gasteiger partial charge in [-0.3, -0.25) is 24.3 Å². The summed E-state index contributed by atoms with van der Waals surface area (Å²) in [4.78, 5) is 27.4. The van der Waals surface area contributed by atoms with E-state index in [1.165, 1.54) is 0 Å². The molecule has 0 amide bonds. The molecule has 178 valence electrons. The maximum atomic E-state index is 13.3. The van der Waals surface area contributed by atoms with Crippen LogP contribution in [0, 0.1) is 0 Å². The molecular formula is C27H29N7O. The third-order valence-electron chi connectivity index (χ3n) is 7.41. The Bertz CT molecular complexity index is 1400. The van der Waals surface area contributed by atoms with Crippen molar-refractivity contribution in [1.82, 2.24) is 34.8 Å². The number of carbonyl (C=O) groups is 1. The van der Waals surface area contributed by atoms with Crippen molar-refractivity contribution in [3.63, 3.8) is 0 Å². The molecule has 4 heterocycles. The number of rotatable bonds is 6. The molecule has 2 fully saturated rings. The predicted molar refractivity (Wildman–Crippen MR) is 134 cm³/mol. The number of pyridine rings is 2. The molecule has 1 saturated carbocycles. The molecule has 1 aliphatic carbocycles. The highest BCUT2D eigenvalue weighted by molar-refractivity contribution is 5.98. The highest BCUT2D eigenvalue weighted by Gasteiger charge is 2.51. The zero-order chi connectivity index (χ0) is 24.0. The summed E-state index contributed by atoms with van der Waals surface area (Å²) in [6.45, 7) is 4.25. The summed E-state index contributed by atoms with van der Waals surface area (Å²) in [5.41, 5.74) is 4.33. The molecule has 0 unspecified atom stereocenters. The molecule has 0 N–H and O–H groups in total. The summed E-state index contributed by atoms with van der Waals surface area (Å²) in [5.74, 6) is 0.0692. The monoisotopic (exact) mass is 467 g/mol. The third-order valence-corrected chi connectivity index (χ3v) is 7.41. The van der Waals surface area contributed by atoms with Crippen molar-refractivity contribution in [3.05, 3.63) is 71.9 Å². The van der Waals surface area contributed by atoms with Gasteiger partial charge in [0.2, 0.25) is 0 Å². The van der Waals surface area contributed by atoms with Gasteiger partial charge in [-0.1, -0.05) is 17.3 Å². The number of fused-ring (bicyclic) bond motifs is 1. The highest BCUT2D eigenvalue weighted by atomic mass is 16.1. The number of benzene rings is 1. The standard InChI is InChI=1S/C27H29N7O/c1-32-9-11-34(12-10-32)27(6-7-27)26-15-20(5-8-28-26)25(35)16-23-14-22-13-19(3-4-21(22)17-29-23)24-18-33(2)31-30-24/h3-5,8,13-15,17-18H,6-7,9-12,16H2,1-2H3. The van der Waals surface area contributed by atoms with Crippen molar-refractivity contribution >= 4 is 16.6 Å². The number of Topliss-reactive ketones (excluding diaryl/α,β-unsaturated/α-hetero) is 1. The second-order valence-corrected chi connectivity index (χ2v) is 9.87. The summed E-state index contributed by atoms with van der Waals surface area (Å²) in [6.07, 6.45) is 8.00. The molecule has 0 bridgehead atoms. The summed E-state index contributed by atoms with van der Waals surface area (Å²) in [6, 6.07) is 12.0. The Hall–Kier alpha value is -3.49. The van der Waals surface area contributed by atoms with E-state index in [-0.39, 0.29) is 17.7 Å². The molecule has 2 aliphatic rings. The highest BCUT2D eigenvalue weighted by Crippen LogP contribution is 2.50. The maximum absolute atomic E-state index is 13.3. The fourth-order valence-electron chi connectivity index (χ4n) is 5.13. The van der Waals surface area contributed by atoms with Crippen molar-refractivity contribution < 1.29 is 4.79 Å². The van der Waals surface area contributed by atoms with Crippen LogP contribution in [0.25, 0.3) is 22.0 Å². The molecule has 0 atom stereocenters. The van der Waals surface area contributed by atoms with E-state index in [4.69, 9.17) is 4.98 Å². The Morgan fingerprint density at radius 2 is 1.80 bits per heavy atom.